The van der Waals surface area contributed by atoms with Crippen molar-refractivity contribution in [3.05, 3.63) is 76.5 Å². The van der Waals surface area contributed by atoms with Gasteiger partial charge in [0.2, 0.25) is 5.91 Å². The fraction of sp³-hybridized carbons (Fsp3) is 0.227. The fourth-order valence-corrected chi connectivity index (χ4v) is 3.04. The number of nitrogens with zero attached hydrogens (tertiary/aromatic N) is 2. The maximum atomic E-state index is 12.5. The molecule has 0 aliphatic carbocycles. The summed E-state index contributed by atoms with van der Waals surface area (Å²) in [5.74, 6) is 0.863. The number of benzene rings is 2. The van der Waals surface area contributed by atoms with Crippen LogP contribution in [-0.2, 0) is 17.6 Å². The number of halogens is 1. The molecule has 1 N–H and O–H groups in total. The van der Waals surface area contributed by atoms with Crippen LogP contribution in [0.15, 0.2) is 65.3 Å². The van der Waals surface area contributed by atoms with Gasteiger partial charge in [0, 0.05) is 10.0 Å². The van der Waals surface area contributed by atoms with Crippen LogP contribution < -0.4 is 5.32 Å². The summed E-state index contributed by atoms with van der Waals surface area (Å²) in [6, 6.07) is 17.7. The molecule has 5 heteroatoms. The van der Waals surface area contributed by atoms with E-state index in [0.29, 0.717) is 18.2 Å². The van der Waals surface area contributed by atoms with E-state index in [1.54, 1.807) is 6.20 Å². The number of nitrogens with one attached hydrogen (secondary N) is 1. The second-order valence-electron chi connectivity index (χ2n) is 6.87. The van der Waals surface area contributed by atoms with Gasteiger partial charge in [-0.15, -0.1) is 0 Å². The van der Waals surface area contributed by atoms with E-state index < -0.39 is 0 Å². The highest BCUT2D eigenvalue weighted by Gasteiger charge is 2.14. The Hall–Kier alpha value is -2.53. The Labute approximate surface area is 168 Å². The zero-order valence-electron chi connectivity index (χ0n) is 15.4. The quantitative estimate of drug-likeness (QED) is 0.585. The van der Waals surface area contributed by atoms with Crippen LogP contribution in [0.25, 0.3) is 11.3 Å². The van der Waals surface area contributed by atoms with Crippen molar-refractivity contribution in [3.8, 4) is 11.3 Å². The minimum Gasteiger partial charge on any atom is -0.309 e. The Morgan fingerprint density at radius 3 is 2.44 bits per heavy atom. The highest BCUT2D eigenvalue weighted by atomic mass is 79.9. The average Bonchev–Trinajstić information content (AvgIpc) is 2.65. The van der Waals surface area contributed by atoms with Gasteiger partial charge in [-0.05, 0) is 30.0 Å². The van der Waals surface area contributed by atoms with Gasteiger partial charge >= 0.3 is 0 Å². The SMILES string of the molecule is CC(C)Cc1nc(-c2ccccc2)cnc1NC(=O)Cc1ccc(Br)cc1. The summed E-state index contributed by atoms with van der Waals surface area (Å²) in [5, 5.41) is 2.93. The zero-order valence-corrected chi connectivity index (χ0v) is 17.0. The van der Waals surface area contributed by atoms with E-state index in [1.807, 2.05) is 54.6 Å². The van der Waals surface area contributed by atoms with Crippen molar-refractivity contribution in [3.63, 3.8) is 0 Å². The van der Waals surface area contributed by atoms with E-state index in [-0.39, 0.29) is 5.91 Å². The first kappa shape index (κ1) is 19.2. The lowest BCUT2D eigenvalue weighted by molar-refractivity contribution is -0.115. The van der Waals surface area contributed by atoms with Gasteiger partial charge in [-0.2, -0.15) is 0 Å². The number of carbonyl (C=O) groups excluding carboxylic acids is 1. The lowest BCUT2D eigenvalue weighted by atomic mass is 10.1. The molecular weight excluding hydrogens is 402 g/mol. The summed E-state index contributed by atoms with van der Waals surface area (Å²) in [4.78, 5) is 21.7. The first-order valence-corrected chi connectivity index (χ1v) is 9.76. The van der Waals surface area contributed by atoms with E-state index in [4.69, 9.17) is 4.98 Å². The third-order valence-electron chi connectivity index (χ3n) is 4.05. The van der Waals surface area contributed by atoms with Gasteiger partial charge in [0.05, 0.1) is 24.0 Å². The third kappa shape index (κ3) is 5.47. The van der Waals surface area contributed by atoms with Crippen LogP contribution in [0, 0.1) is 5.92 Å². The number of hydrogen-bond acceptors (Lipinski definition) is 3. The second-order valence-corrected chi connectivity index (χ2v) is 7.78. The van der Waals surface area contributed by atoms with Gasteiger partial charge in [-0.1, -0.05) is 72.2 Å². The molecule has 1 heterocycles. The van der Waals surface area contributed by atoms with Crippen molar-refractivity contribution in [1.29, 1.82) is 0 Å². The van der Waals surface area contributed by atoms with E-state index in [9.17, 15) is 4.79 Å². The Morgan fingerprint density at radius 1 is 1.07 bits per heavy atom. The minimum atomic E-state index is -0.0934. The number of amides is 1. The van der Waals surface area contributed by atoms with Crippen molar-refractivity contribution >= 4 is 27.7 Å². The molecule has 2 aromatic carbocycles. The molecule has 4 nitrogen and oxygen atoms in total. The van der Waals surface area contributed by atoms with Crippen LogP contribution in [0.5, 0.6) is 0 Å². The van der Waals surface area contributed by atoms with Crippen molar-refractivity contribution in [2.45, 2.75) is 26.7 Å². The lowest BCUT2D eigenvalue weighted by Gasteiger charge is -2.13. The maximum Gasteiger partial charge on any atom is 0.229 e. The first-order chi connectivity index (χ1) is 13.0. The summed E-state index contributed by atoms with van der Waals surface area (Å²) in [7, 11) is 0. The summed E-state index contributed by atoms with van der Waals surface area (Å²) < 4.78 is 0.994. The molecule has 1 amide bonds. The molecular formula is C22H22BrN3O. The molecule has 0 fully saturated rings. The predicted molar refractivity (Wildman–Crippen MR) is 112 cm³/mol. The number of carbonyl (C=O) groups is 1. The Bertz CT molecular complexity index is 909. The topological polar surface area (TPSA) is 54.9 Å². The van der Waals surface area contributed by atoms with E-state index in [0.717, 1.165) is 33.4 Å². The lowest BCUT2D eigenvalue weighted by Crippen LogP contribution is -2.18. The predicted octanol–water partition coefficient (Wildman–Crippen LogP) is 5.29. The molecule has 0 unspecified atom stereocenters. The molecule has 0 atom stereocenters. The van der Waals surface area contributed by atoms with E-state index in [2.05, 4.69) is 40.1 Å². The molecule has 3 rings (SSSR count). The summed E-state index contributed by atoms with van der Waals surface area (Å²) in [6.45, 7) is 4.26. The van der Waals surface area contributed by atoms with Crippen LogP contribution in [0.2, 0.25) is 0 Å². The highest BCUT2D eigenvalue weighted by Crippen LogP contribution is 2.21. The summed E-state index contributed by atoms with van der Waals surface area (Å²) in [6.07, 6.45) is 2.77. The molecule has 0 spiro atoms. The Morgan fingerprint density at radius 2 is 1.78 bits per heavy atom. The van der Waals surface area contributed by atoms with E-state index in [1.165, 1.54) is 0 Å². The number of rotatable bonds is 6. The normalized spacial score (nSPS) is 10.8. The van der Waals surface area contributed by atoms with Crippen LogP contribution in [0.1, 0.15) is 25.1 Å². The minimum absolute atomic E-state index is 0.0934. The fourth-order valence-electron chi connectivity index (χ4n) is 2.77. The molecule has 1 aromatic heterocycles. The number of anilines is 1. The smallest absolute Gasteiger partial charge is 0.229 e. The van der Waals surface area contributed by atoms with Crippen molar-refractivity contribution in [2.75, 3.05) is 5.32 Å². The standard InChI is InChI=1S/C22H22BrN3O/c1-15(2)12-19-22(24-14-20(25-19)17-6-4-3-5-7-17)26-21(27)13-16-8-10-18(23)11-9-16/h3-11,14-15H,12-13H2,1-2H3,(H,24,26,27). The largest absolute Gasteiger partial charge is 0.309 e. The van der Waals surface area contributed by atoms with Crippen LogP contribution in [-0.4, -0.2) is 15.9 Å². The van der Waals surface area contributed by atoms with Crippen LogP contribution in [0.4, 0.5) is 5.82 Å². The third-order valence-corrected chi connectivity index (χ3v) is 4.58. The first-order valence-electron chi connectivity index (χ1n) is 8.97. The van der Waals surface area contributed by atoms with Gasteiger partial charge in [-0.25, -0.2) is 9.97 Å². The van der Waals surface area contributed by atoms with Gasteiger partial charge < -0.3 is 5.32 Å². The molecule has 0 aliphatic heterocycles. The van der Waals surface area contributed by atoms with Crippen molar-refractivity contribution in [1.82, 2.24) is 9.97 Å². The Kier molecular flexibility index (Phi) is 6.35. The van der Waals surface area contributed by atoms with E-state index >= 15 is 0 Å². The monoisotopic (exact) mass is 423 g/mol. The van der Waals surface area contributed by atoms with Gasteiger partial charge in [-0.3, -0.25) is 4.79 Å². The van der Waals surface area contributed by atoms with Crippen LogP contribution in [0.3, 0.4) is 0 Å². The van der Waals surface area contributed by atoms with Crippen molar-refractivity contribution < 1.29 is 4.79 Å². The highest BCUT2D eigenvalue weighted by molar-refractivity contribution is 9.10. The van der Waals surface area contributed by atoms with Gasteiger partial charge in [0.15, 0.2) is 5.82 Å². The number of aromatic nitrogens is 2. The van der Waals surface area contributed by atoms with Crippen molar-refractivity contribution in [2.24, 2.45) is 5.92 Å². The van der Waals surface area contributed by atoms with Gasteiger partial charge in [0.1, 0.15) is 0 Å². The zero-order chi connectivity index (χ0) is 19.2. The average molecular weight is 424 g/mol. The molecule has 3 aromatic rings. The molecule has 0 bridgehead atoms. The molecule has 27 heavy (non-hydrogen) atoms. The molecule has 0 saturated heterocycles. The maximum absolute atomic E-state index is 12.5. The molecule has 138 valence electrons. The molecule has 0 aliphatic rings. The van der Waals surface area contributed by atoms with Gasteiger partial charge in [0.25, 0.3) is 0 Å². The number of hydrogen-bond donors (Lipinski definition) is 1. The van der Waals surface area contributed by atoms with Crippen LogP contribution >= 0.6 is 15.9 Å². The summed E-state index contributed by atoms with van der Waals surface area (Å²) in [5.41, 5.74) is 3.60. The molecule has 0 radical (unpaired) electrons. The second kappa shape index (κ2) is 8.91. The summed E-state index contributed by atoms with van der Waals surface area (Å²) >= 11 is 3.40. The Balaban J connectivity index is 1.80. The molecule has 0 saturated carbocycles.